The monoisotopic (exact) mass is 329 g/mol. The molecule has 2 N–H and O–H groups in total. The summed E-state index contributed by atoms with van der Waals surface area (Å²) in [6.07, 6.45) is 12.6. The van der Waals surface area contributed by atoms with E-state index < -0.39 is 0 Å². The largest absolute Gasteiger partial charge is 0.366 e. The van der Waals surface area contributed by atoms with E-state index in [0.29, 0.717) is 17.0 Å². The first kappa shape index (κ1) is 14.7. The minimum absolute atomic E-state index is 0.441. The lowest BCUT2D eigenvalue weighted by atomic mass is 9.82. The Morgan fingerprint density at radius 3 is 3.04 bits per heavy atom. The Morgan fingerprint density at radius 1 is 1.13 bits per heavy atom. The van der Waals surface area contributed by atoms with E-state index in [9.17, 15) is 0 Å². The van der Waals surface area contributed by atoms with Crippen molar-refractivity contribution in [1.29, 1.82) is 0 Å². The van der Waals surface area contributed by atoms with Gasteiger partial charge in [-0.3, -0.25) is 4.98 Å². The molecular formula is C17H20ClN5. The van der Waals surface area contributed by atoms with Gasteiger partial charge in [-0.1, -0.05) is 24.4 Å². The van der Waals surface area contributed by atoms with Crippen molar-refractivity contribution >= 4 is 29.1 Å². The molecule has 0 aromatic carbocycles. The van der Waals surface area contributed by atoms with Crippen molar-refractivity contribution in [3.05, 3.63) is 35.2 Å². The number of hydrogen-bond donors (Lipinski definition) is 2. The van der Waals surface area contributed by atoms with Gasteiger partial charge in [-0.25, -0.2) is 4.98 Å². The maximum atomic E-state index is 6.27. The van der Waals surface area contributed by atoms with Gasteiger partial charge in [-0.15, -0.1) is 0 Å². The number of nitrogens with one attached hydrogen (secondary N) is 2. The van der Waals surface area contributed by atoms with Crippen LogP contribution in [0.25, 0.3) is 0 Å². The van der Waals surface area contributed by atoms with E-state index in [-0.39, 0.29) is 0 Å². The summed E-state index contributed by atoms with van der Waals surface area (Å²) in [4.78, 5) is 13.2. The lowest BCUT2D eigenvalue weighted by Gasteiger charge is -2.30. The highest BCUT2D eigenvalue weighted by Gasteiger charge is 2.23. The van der Waals surface area contributed by atoms with Crippen molar-refractivity contribution in [2.45, 2.75) is 44.6 Å². The third kappa shape index (κ3) is 3.39. The Kier molecular flexibility index (Phi) is 4.04. The Bertz CT molecular complexity index is 705. The first-order valence-corrected chi connectivity index (χ1v) is 8.64. The minimum atomic E-state index is 0.441. The number of anilines is 3. The molecule has 1 aliphatic heterocycles. The van der Waals surface area contributed by atoms with Crippen LogP contribution in [0.4, 0.5) is 17.5 Å². The molecule has 120 valence electrons. The highest BCUT2D eigenvalue weighted by atomic mass is 35.5. The molecule has 1 aliphatic carbocycles. The van der Waals surface area contributed by atoms with Crippen LogP contribution in [0.15, 0.2) is 24.7 Å². The molecule has 0 amide bonds. The van der Waals surface area contributed by atoms with Crippen LogP contribution in [0.5, 0.6) is 0 Å². The number of aromatic nitrogens is 3. The summed E-state index contributed by atoms with van der Waals surface area (Å²) in [6.45, 7) is 0. The summed E-state index contributed by atoms with van der Waals surface area (Å²) >= 11 is 6.27. The van der Waals surface area contributed by atoms with Gasteiger partial charge >= 0.3 is 0 Å². The van der Waals surface area contributed by atoms with Gasteiger partial charge in [-0.2, -0.15) is 4.98 Å². The summed E-state index contributed by atoms with van der Waals surface area (Å²) in [6, 6.07) is 2.58. The summed E-state index contributed by atoms with van der Waals surface area (Å²) < 4.78 is 0. The standard InChI is InChI=1S/C17H20ClN5/c18-15-10-20-17-22-14-7-12(8-19-9-14)5-4-11-2-1-3-13(6-11)21-16(15)23-17/h7-11,13H,1-6H2,(H2,20,21,22,23). The van der Waals surface area contributed by atoms with Gasteiger partial charge in [0.1, 0.15) is 5.02 Å². The fraction of sp³-hybridized carbons (Fsp3) is 0.471. The van der Waals surface area contributed by atoms with Crippen LogP contribution >= 0.6 is 11.6 Å². The van der Waals surface area contributed by atoms with Crippen LogP contribution in [0.1, 0.15) is 37.7 Å². The molecule has 5 nitrogen and oxygen atoms in total. The fourth-order valence-corrected chi connectivity index (χ4v) is 3.74. The number of nitrogens with zero attached hydrogens (tertiary/aromatic N) is 3. The van der Waals surface area contributed by atoms with Crippen LogP contribution in [0.3, 0.4) is 0 Å². The zero-order valence-corrected chi connectivity index (χ0v) is 13.7. The van der Waals surface area contributed by atoms with Crippen molar-refractivity contribution in [2.75, 3.05) is 10.6 Å². The molecule has 23 heavy (non-hydrogen) atoms. The van der Waals surface area contributed by atoms with Crippen LogP contribution < -0.4 is 10.6 Å². The van der Waals surface area contributed by atoms with E-state index in [1.807, 2.05) is 6.20 Å². The van der Waals surface area contributed by atoms with Crippen LogP contribution in [-0.4, -0.2) is 21.0 Å². The summed E-state index contributed by atoms with van der Waals surface area (Å²) in [5.74, 6) is 2.01. The average Bonchev–Trinajstić information content (AvgIpc) is 2.57. The van der Waals surface area contributed by atoms with Gasteiger partial charge in [0.05, 0.1) is 18.1 Å². The highest BCUT2D eigenvalue weighted by molar-refractivity contribution is 6.32. The SMILES string of the molecule is Clc1cnc2nc1NC1CCCC(CCc3cncc(c3)N2)C1. The first-order valence-electron chi connectivity index (χ1n) is 8.26. The lowest BCUT2D eigenvalue weighted by Crippen LogP contribution is -2.28. The smallest absolute Gasteiger partial charge is 0.229 e. The van der Waals surface area contributed by atoms with Crippen molar-refractivity contribution in [1.82, 2.24) is 15.0 Å². The third-order valence-corrected chi connectivity index (χ3v) is 5.04. The van der Waals surface area contributed by atoms with E-state index in [1.165, 1.54) is 37.7 Å². The topological polar surface area (TPSA) is 62.7 Å². The maximum absolute atomic E-state index is 6.27. The number of halogens is 1. The molecule has 1 fully saturated rings. The second kappa shape index (κ2) is 6.32. The summed E-state index contributed by atoms with van der Waals surface area (Å²) in [7, 11) is 0. The summed E-state index contributed by atoms with van der Waals surface area (Å²) in [5, 5.41) is 7.32. The number of pyridine rings is 1. The molecule has 2 aliphatic rings. The second-order valence-corrected chi connectivity index (χ2v) is 6.92. The fourth-order valence-electron chi connectivity index (χ4n) is 3.60. The average molecular weight is 330 g/mol. The van der Waals surface area contributed by atoms with Crippen LogP contribution in [0, 0.1) is 5.92 Å². The van der Waals surface area contributed by atoms with E-state index in [2.05, 4.69) is 31.7 Å². The molecule has 6 heteroatoms. The van der Waals surface area contributed by atoms with Crippen molar-refractivity contribution in [2.24, 2.45) is 5.92 Å². The van der Waals surface area contributed by atoms with Gasteiger partial charge in [0.25, 0.3) is 0 Å². The van der Waals surface area contributed by atoms with E-state index >= 15 is 0 Å². The van der Waals surface area contributed by atoms with E-state index in [4.69, 9.17) is 11.6 Å². The Labute approximate surface area is 140 Å². The van der Waals surface area contributed by atoms with Gasteiger partial charge < -0.3 is 10.6 Å². The predicted octanol–water partition coefficient (Wildman–Crippen LogP) is 4.19. The molecule has 6 bridgehead atoms. The molecule has 0 spiro atoms. The van der Waals surface area contributed by atoms with E-state index in [0.717, 1.165) is 23.8 Å². The minimum Gasteiger partial charge on any atom is -0.366 e. The highest BCUT2D eigenvalue weighted by Crippen LogP contribution is 2.32. The van der Waals surface area contributed by atoms with E-state index in [1.54, 1.807) is 12.4 Å². The van der Waals surface area contributed by atoms with Gasteiger partial charge in [0, 0.05) is 12.2 Å². The van der Waals surface area contributed by atoms with Gasteiger partial charge in [0.15, 0.2) is 5.82 Å². The number of hydrogen-bond acceptors (Lipinski definition) is 5. The zero-order chi connectivity index (χ0) is 15.6. The third-order valence-electron chi connectivity index (χ3n) is 4.76. The molecular weight excluding hydrogens is 310 g/mol. The van der Waals surface area contributed by atoms with Crippen LogP contribution in [-0.2, 0) is 6.42 Å². The zero-order valence-electron chi connectivity index (χ0n) is 12.9. The molecule has 2 aromatic rings. The van der Waals surface area contributed by atoms with Crippen molar-refractivity contribution in [3.8, 4) is 0 Å². The second-order valence-electron chi connectivity index (χ2n) is 6.51. The number of rotatable bonds is 0. The predicted molar refractivity (Wildman–Crippen MR) is 92.3 cm³/mol. The normalized spacial score (nSPS) is 23.5. The Balaban J connectivity index is 1.71. The maximum Gasteiger partial charge on any atom is 0.229 e. The molecule has 0 saturated heterocycles. The molecule has 2 aromatic heterocycles. The molecule has 2 atom stereocenters. The Morgan fingerprint density at radius 2 is 2.09 bits per heavy atom. The van der Waals surface area contributed by atoms with Crippen molar-refractivity contribution in [3.63, 3.8) is 0 Å². The molecule has 4 rings (SSSR count). The molecule has 0 radical (unpaired) electrons. The first-order chi connectivity index (χ1) is 11.3. The quantitative estimate of drug-likeness (QED) is 0.759. The number of fused-ring (bicyclic) bond motifs is 6. The van der Waals surface area contributed by atoms with Crippen molar-refractivity contribution < 1.29 is 0 Å². The number of aryl methyl sites for hydroxylation is 1. The Hall–Kier alpha value is -1.88. The van der Waals surface area contributed by atoms with Gasteiger partial charge in [-0.05, 0) is 43.2 Å². The molecule has 1 saturated carbocycles. The lowest BCUT2D eigenvalue weighted by molar-refractivity contribution is 0.318. The van der Waals surface area contributed by atoms with Gasteiger partial charge in [0.2, 0.25) is 5.95 Å². The molecule has 3 heterocycles. The molecule has 2 unspecified atom stereocenters. The van der Waals surface area contributed by atoms with Crippen LogP contribution in [0.2, 0.25) is 5.02 Å². The summed E-state index contributed by atoms with van der Waals surface area (Å²) in [5.41, 5.74) is 2.18.